The van der Waals surface area contributed by atoms with E-state index in [9.17, 15) is 0 Å². The first kappa shape index (κ1) is 12.0. The third-order valence-corrected chi connectivity index (χ3v) is 3.85. The zero-order valence-corrected chi connectivity index (χ0v) is 11.4. The second-order valence-corrected chi connectivity index (χ2v) is 5.53. The molecule has 90 valence electrons. The Bertz CT molecular complexity index is 519. The summed E-state index contributed by atoms with van der Waals surface area (Å²) in [5, 5.41) is 4.58. The van der Waals surface area contributed by atoms with Gasteiger partial charge in [-0.05, 0) is 39.3 Å². The van der Waals surface area contributed by atoms with Gasteiger partial charge in [-0.1, -0.05) is 0 Å². The standard InChI is InChI=1S/C13H17N3S/c1-8-5-12(7-14-6-8)16-10(3)13-9(2)15-11(4)17-13/h5-7,10,16H,1-4H3. The first-order chi connectivity index (χ1) is 8.06. The molecular weight excluding hydrogens is 230 g/mol. The summed E-state index contributed by atoms with van der Waals surface area (Å²) < 4.78 is 0. The molecule has 1 atom stereocenters. The Morgan fingerprint density at radius 2 is 2.00 bits per heavy atom. The molecule has 0 spiro atoms. The van der Waals surface area contributed by atoms with Gasteiger partial charge in [0.05, 0.1) is 22.4 Å². The lowest BCUT2D eigenvalue weighted by atomic mass is 10.2. The van der Waals surface area contributed by atoms with Crippen LogP contribution in [0.1, 0.15) is 34.1 Å². The molecule has 0 radical (unpaired) electrons. The van der Waals surface area contributed by atoms with Gasteiger partial charge in [-0.25, -0.2) is 4.98 Å². The summed E-state index contributed by atoms with van der Waals surface area (Å²) in [6.45, 7) is 8.31. The first-order valence-electron chi connectivity index (χ1n) is 5.68. The molecule has 0 amide bonds. The van der Waals surface area contributed by atoms with Crippen LogP contribution >= 0.6 is 11.3 Å². The second-order valence-electron chi connectivity index (χ2n) is 4.30. The molecule has 1 N–H and O–H groups in total. The Morgan fingerprint density at radius 3 is 2.59 bits per heavy atom. The van der Waals surface area contributed by atoms with Crippen molar-refractivity contribution in [1.82, 2.24) is 9.97 Å². The molecule has 4 heteroatoms. The average molecular weight is 247 g/mol. The van der Waals surface area contributed by atoms with Crippen LogP contribution in [0.2, 0.25) is 0 Å². The largest absolute Gasteiger partial charge is 0.376 e. The van der Waals surface area contributed by atoms with Gasteiger partial charge in [0.15, 0.2) is 0 Å². The predicted molar refractivity (Wildman–Crippen MR) is 72.6 cm³/mol. The van der Waals surface area contributed by atoms with Crippen LogP contribution in [-0.4, -0.2) is 9.97 Å². The molecule has 0 aliphatic carbocycles. The van der Waals surface area contributed by atoms with E-state index in [1.54, 1.807) is 11.3 Å². The second kappa shape index (κ2) is 4.84. The normalized spacial score (nSPS) is 12.5. The highest BCUT2D eigenvalue weighted by atomic mass is 32.1. The van der Waals surface area contributed by atoms with Gasteiger partial charge in [-0.15, -0.1) is 11.3 Å². The van der Waals surface area contributed by atoms with E-state index >= 15 is 0 Å². The van der Waals surface area contributed by atoms with E-state index in [2.05, 4.69) is 35.2 Å². The number of hydrogen-bond acceptors (Lipinski definition) is 4. The van der Waals surface area contributed by atoms with E-state index in [1.807, 2.05) is 26.2 Å². The number of nitrogens with one attached hydrogen (secondary N) is 1. The summed E-state index contributed by atoms with van der Waals surface area (Å²) in [7, 11) is 0. The fourth-order valence-corrected chi connectivity index (χ4v) is 2.83. The van der Waals surface area contributed by atoms with E-state index in [4.69, 9.17) is 0 Å². The minimum Gasteiger partial charge on any atom is -0.376 e. The van der Waals surface area contributed by atoms with Crippen LogP contribution < -0.4 is 5.32 Å². The minimum absolute atomic E-state index is 0.268. The van der Waals surface area contributed by atoms with E-state index in [-0.39, 0.29) is 6.04 Å². The van der Waals surface area contributed by atoms with E-state index in [0.29, 0.717) is 0 Å². The van der Waals surface area contributed by atoms with Crippen molar-refractivity contribution in [3.8, 4) is 0 Å². The number of anilines is 1. The molecule has 17 heavy (non-hydrogen) atoms. The highest BCUT2D eigenvalue weighted by molar-refractivity contribution is 7.11. The van der Waals surface area contributed by atoms with Crippen molar-refractivity contribution >= 4 is 17.0 Å². The Morgan fingerprint density at radius 1 is 1.24 bits per heavy atom. The van der Waals surface area contributed by atoms with Crippen molar-refractivity contribution in [3.63, 3.8) is 0 Å². The van der Waals surface area contributed by atoms with E-state index in [1.165, 1.54) is 10.4 Å². The molecule has 0 aliphatic rings. The fraction of sp³-hybridized carbons (Fsp3) is 0.385. The zero-order valence-electron chi connectivity index (χ0n) is 10.6. The molecule has 0 aliphatic heterocycles. The van der Waals surface area contributed by atoms with Gasteiger partial charge in [0.1, 0.15) is 0 Å². The first-order valence-corrected chi connectivity index (χ1v) is 6.50. The quantitative estimate of drug-likeness (QED) is 0.900. The molecule has 2 aromatic heterocycles. The molecule has 0 bridgehead atoms. The lowest BCUT2D eigenvalue weighted by molar-refractivity contribution is 0.887. The SMILES string of the molecule is Cc1cncc(NC(C)c2sc(C)nc2C)c1. The number of pyridine rings is 1. The maximum atomic E-state index is 4.45. The Hall–Kier alpha value is -1.42. The summed E-state index contributed by atoms with van der Waals surface area (Å²) in [5.74, 6) is 0. The number of aryl methyl sites for hydroxylation is 3. The minimum atomic E-state index is 0.268. The van der Waals surface area contributed by atoms with Crippen LogP contribution in [0.3, 0.4) is 0 Å². The predicted octanol–water partition coefficient (Wildman–Crippen LogP) is 3.64. The van der Waals surface area contributed by atoms with Crippen LogP contribution in [0, 0.1) is 20.8 Å². The topological polar surface area (TPSA) is 37.8 Å². The highest BCUT2D eigenvalue weighted by Gasteiger charge is 2.12. The van der Waals surface area contributed by atoms with Crippen LogP contribution in [0.5, 0.6) is 0 Å². The number of thiazole rings is 1. The van der Waals surface area contributed by atoms with Crippen molar-refractivity contribution < 1.29 is 0 Å². The summed E-state index contributed by atoms with van der Waals surface area (Å²) in [4.78, 5) is 9.93. The van der Waals surface area contributed by atoms with Gasteiger partial charge >= 0.3 is 0 Å². The van der Waals surface area contributed by atoms with Crippen molar-refractivity contribution in [3.05, 3.63) is 39.6 Å². The van der Waals surface area contributed by atoms with Crippen LogP contribution in [0.15, 0.2) is 18.5 Å². The molecule has 0 fully saturated rings. The molecule has 0 saturated carbocycles. The number of rotatable bonds is 3. The van der Waals surface area contributed by atoms with E-state index in [0.717, 1.165) is 16.4 Å². The van der Waals surface area contributed by atoms with Crippen LogP contribution in [-0.2, 0) is 0 Å². The molecule has 0 aromatic carbocycles. The summed E-state index contributed by atoms with van der Waals surface area (Å²) in [6, 6.07) is 2.37. The number of nitrogens with zero attached hydrogens (tertiary/aromatic N) is 2. The third-order valence-electron chi connectivity index (χ3n) is 2.59. The number of hydrogen-bond donors (Lipinski definition) is 1. The van der Waals surface area contributed by atoms with Crippen molar-refractivity contribution in [2.24, 2.45) is 0 Å². The Kier molecular flexibility index (Phi) is 3.43. The lowest BCUT2D eigenvalue weighted by Gasteiger charge is -2.14. The summed E-state index contributed by atoms with van der Waals surface area (Å²) in [5.41, 5.74) is 3.34. The lowest BCUT2D eigenvalue weighted by Crippen LogP contribution is -2.06. The molecule has 1 unspecified atom stereocenters. The maximum absolute atomic E-state index is 4.45. The molecule has 3 nitrogen and oxygen atoms in total. The van der Waals surface area contributed by atoms with Gasteiger partial charge in [-0.3, -0.25) is 4.98 Å². The Balaban J connectivity index is 2.16. The molecule has 2 aromatic rings. The average Bonchev–Trinajstić information content (AvgIpc) is 2.58. The zero-order chi connectivity index (χ0) is 12.4. The van der Waals surface area contributed by atoms with Crippen molar-refractivity contribution in [2.75, 3.05) is 5.32 Å². The van der Waals surface area contributed by atoms with Gasteiger partial charge < -0.3 is 5.32 Å². The highest BCUT2D eigenvalue weighted by Crippen LogP contribution is 2.27. The maximum Gasteiger partial charge on any atom is 0.0900 e. The molecular formula is C13H17N3S. The van der Waals surface area contributed by atoms with Crippen molar-refractivity contribution in [2.45, 2.75) is 33.7 Å². The molecule has 2 heterocycles. The van der Waals surface area contributed by atoms with E-state index < -0.39 is 0 Å². The van der Waals surface area contributed by atoms with Crippen LogP contribution in [0.4, 0.5) is 5.69 Å². The smallest absolute Gasteiger partial charge is 0.0900 e. The number of aromatic nitrogens is 2. The fourth-order valence-electron chi connectivity index (χ4n) is 1.90. The third kappa shape index (κ3) is 2.82. The monoisotopic (exact) mass is 247 g/mol. The summed E-state index contributed by atoms with van der Waals surface area (Å²) in [6.07, 6.45) is 3.71. The van der Waals surface area contributed by atoms with Gasteiger partial charge in [0.25, 0.3) is 0 Å². The summed E-state index contributed by atoms with van der Waals surface area (Å²) >= 11 is 1.75. The molecule has 0 saturated heterocycles. The van der Waals surface area contributed by atoms with Crippen LogP contribution in [0.25, 0.3) is 0 Å². The molecule has 2 rings (SSSR count). The Labute approximate surface area is 106 Å². The van der Waals surface area contributed by atoms with Crippen molar-refractivity contribution in [1.29, 1.82) is 0 Å². The van der Waals surface area contributed by atoms with Gasteiger partial charge in [-0.2, -0.15) is 0 Å². The van der Waals surface area contributed by atoms with Gasteiger partial charge in [0, 0.05) is 17.3 Å². The van der Waals surface area contributed by atoms with Gasteiger partial charge in [0.2, 0.25) is 0 Å².